The number of anilines is 1. The summed E-state index contributed by atoms with van der Waals surface area (Å²) in [6.07, 6.45) is 6.48. The molecule has 1 saturated carbocycles. The van der Waals surface area contributed by atoms with Crippen molar-refractivity contribution in [3.63, 3.8) is 0 Å². The Hall–Kier alpha value is -2.87. The van der Waals surface area contributed by atoms with E-state index >= 15 is 0 Å². The number of alkyl halides is 1. The van der Waals surface area contributed by atoms with E-state index in [1.54, 1.807) is 34.6 Å². The minimum atomic E-state index is -0.598. The fourth-order valence-corrected chi connectivity index (χ4v) is 4.49. The lowest BCUT2D eigenvalue weighted by Gasteiger charge is -2.32. The number of aromatic nitrogens is 3. The summed E-state index contributed by atoms with van der Waals surface area (Å²) in [6, 6.07) is 9.12. The number of benzene rings is 1. The van der Waals surface area contributed by atoms with Gasteiger partial charge < -0.3 is 15.2 Å². The molecular weight excluding hydrogens is 399 g/mol. The highest BCUT2D eigenvalue weighted by molar-refractivity contribution is 5.77. The molecule has 1 atom stereocenters. The first-order chi connectivity index (χ1) is 15.1. The lowest BCUT2D eigenvalue weighted by Crippen LogP contribution is -2.33. The van der Waals surface area contributed by atoms with E-state index < -0.39 is 12.9 Å². The van der Waals surface area contributed by atoms with Crippen LogP contribution in [0.15, 0.2) is 47.5 Å². The highest BCUT2D eigenvalue weighted by Crippen LogP contribution is 2.33. The summed E-state index contributed by atoms with van der Waals surface area (Å²) in [5.74, 6) is 1.11. The molecule has 2 aromatic heterocycles. The molecule has 0 spiro atoms. The van der Waals surface area contributed by atoms with Crippen molar-refractivity contribution in [2.45, 2.75) is 38.5 Å². The van der Waals surface area contributed by atoms with E-state index in [0.29, 0.717) is 18.2 Å². The Balaban J connectivity index is 1.42. The van der Waals surface area contributed by atoms with Crippen molar-refractivity contribution in [2.75, 3.05) is 18.6 Å². The zero-order valence-corrected chi connectivity index (χ0v) is 17.7. The number of aryl methyl sites for hydroxylation is 1. The molecule has 166 valence electrons. The number of hydrogen-bond acceptors (Lipinski definition) is 5. The van der Waals surface area contributed by atoms with Crippen molar-refractivity contribution in [3.8, 4) is 5.75 Å². The van der Waals surface area contributed by atoms with Gasteiger partial charge in [0, 0.05) is 43.7 Å². The number of fused-ring (bicyclic) bond motifs is 1. The Labute approximate surface area is 180 Å². The van der Waals surface area contributed by atoms with Gasteiger partial charge in [0.15, 0.2) is 0 Å². The zero-order valence-electron chi connectivity index (χ0n) is 17.7. The van der Waals surface area contributed by atoms with Crippen LogP contribution >= 0.6 is 0 Å². The molecule has 4 rings (SSSR count). The number of hydrogen-bond donors (Lipinski definition) is 2. The van der Waals surface area contributed by atoms with Gasteiger partial charge in [0.1, 0.15) is 25.3 Å². The SMILES string of the molecule is Cn1c(=O)n(CC2CCC(C(O)Nc3ccncc3)CC2)c2cc(OCCF)ccc21. The lowest BCUT2D eigenvalue weighted by atomic mass is 9.81. The largest absolute Gasteiger partial charge is 0.491 e. The van der Waals surface area contributed by atoms with E-state index in [0.717, 1.165) is 42.4 Å². The molecule has 1 aliphatic rings. The maximum atomic E-state index is 12.8. The first-order valence-electron chi connectivity index (χ1n) is 10.8. The highest BCUT2D eigenvalue weighted by Gasteiger charge is 2.27. The maximum absolute atomic E-state index is 12.8. The maximum Gasteiger partial charge on any atom is 0.328 e. The molecule has 31 heavy (non-hydrogen) atoms. The van der Waals surface area contributed by atoms with Gasteiger partial charge in [0.05, 0.1) is 11.0 Å². The van der Waals surface area contributed by atoms with Gasteiger partial charge in [-0.05, 0) is 55.9 Å². The molecule has 1 aliphatic carbocycles. The number of pyridine rings is 1. The molecule has 2 N–H and O–H groups in total. The van der Waals surface area contributed by atoms with Crippen LogP contribution in [0.2, 0.25) is 0 Å². The second-order valence-electron chi connectivity index (χ2n) is 8.25. The summed E-state index contributed by atoms with van der Waals surface area (Å²) >= 11 is 0. The Morgan fingerprint density at radius 2 is 1.94 bits per heavy atom. The van der Waals surface area contributed by atoms with Crippen LogP contribution in [0, 0.1) is 11.8 Å². The summed E-state index contributed by atoms with van der Waals surface area (Å²) in [6.45, 7) is 0.0799. The number of nitrogens with zero attached hydrogens (tertiary/aromatic N) is 3. The molecule has 0 amide bonds. The van der Waals surface area contributed by atoms with E-state index in [2.05, 4.69) is 10.3 Å². The second kappa shape index (κ2) is 9.51. The topological polar surface area (TPSA) is 81.3 Å². The smallest absolute Gasteiger partial charge is 0.328 e. The highest BCUT2D eigenvalue weighted by atomic mass is 19.1. The number of rotatable bonds is 8. The van der Waals surface area contributed by atoms with E-state index in [9.17, 15) is 14.3 Å². The molecule has 3 aromatic rings. The van der Waals surface area contributed by atoms with Crippen molar-refractivity contribution in [3.05, 3.63) is 53.2 Å². The summed E-state index contributed by atoms with van der Waals surface area (Å²) in [7, 11) is 1.77. The molecule has 1 unspecified atom stereocenters. The van der Waals surface area contributed by atoms with Crippen LogP contribution in [-0.2, 0) is 13.6 Å². The number of halogens is 1. The average molecular weight is 429 g/mol. The van der Waals surface area contributed by atoms with Crippen LogP contribution in [0.5, 0.6) is 5.75 Å². The zero-order chi connectivity index (χ0) is 21.8. The van der Waals surface area contributed by atoms with Crippen LogP contribution in [0.1, 0.15) is 25.7 Å². The predicted molar refractivity (Wildman–Crippen MR) is 118 cm³/mol. The summed E-state index contributed by atoms with van der Waals surface area (Å²) < 4.78 is 21.3. The monoisotopic (exact) mass is 428 g/mol. The standard InChI is InChI=1S/C23H29FN4O3/c1-27-20-7-6-19(31-13-10-24)14-21(20)28(23(27)30)15-16-2-4-17(5-3-16)22(29)26-18-8-11-25-12-9-18/h6-9,11-12,14,16-17,22,29H,2-5,10,13,15H2,1H3,(H,25,26). The quantitative estimate of drug-likeness (QED) is 0.538. The molecule has 0 aliphatic heterocycles. The van der Waals surface area contributed by atoms with E-state index in [-0.39, 0.29) is 18.2 Å². The minimum Gasteiger partial charge on any atom is -0.491 e. The normalized spacial score (nSPS) is 20.0. The number of ether oxygens (including phenoxy) is 1. The molecule has 2 heterocycles. The number of aliphatic hydroxyl groups excluding tert-OH is 1. The molecule has 0 saturated heterocycles. The van der Waals surface area contributed by atoms with Crippen LogP contribution < -0.4 is 15.7 Å². The Kier molecular flexibility index (Phi) is 6.56. The van der Waals surface area contributed by atoms with Crippen molar-refractivity contribution < 1.29 is 14.2 Å². The fraction of sp³-hybridized carbons (Fsp3) is 0.478. The van der Waals surface area contributed by atoms with Gasteiger partial charge in [-0.15, -0.1) is 0 Å². The van der Waals surface area contributed by atoms with Gasteiger partial charge in [0.2, 0.25) is 0 Å². The Morgan fingerprint density at radius 1 is 1.19 bits per heavy atom. The third-order valence-electron chi connectivity index (χ3n) is 6.24. The van der Waals surface area contributed by atoms with Gasteiger partial charge in [-0.1, -0.05) is 0 Å². The molecular formula is C23H29FN4O3. The van der Waals surface area contributed by atoms with Gasteiger partial charge in [-0.3, -0.25) is 14.1 Å². The van der Waals surface area contributed by atoms with E-state index in [4.69, 9.17) is 4.74 Å². The summed E-state index contributed by atoms with van der Waals surface area (Å²) in [4.78, 5) is 16.8. The first-order valence-corrected chi connectivity index (χ1v) is 10.8. The third-order valence-corrected chi connectivity index (χ3v) is 6.24. The van der Waals surface area contributed by atoms with Gasteiger partial charge in [0.25, 0.3) is 0 Å². The Bertz CT molecular complexity index is 1060. The fourth-order valence-electron chi connectivity index (χ4n) is 4.49. The summed E-state index contributed by atoms with van der Waals surface area (Å²) in [5, 5.41) is 13.7. The van der Waals surface area contributed by atoms with Crippen molar-refractivity contribution in [2.24, 2.45) is 18.9 Å². The first kappa shape index (κ1) is 21.4. The number of nitrogens with one attached hydrogen (secondary N) is 1. The molecule has 1 aromatic carbocycles. The Morgan fingerprint density at radius 3 is 2.65 bits per heavy atom. The van der Waals surface area contributed by atoms with Gasteiger partial charge >= 0.3 is 5.69 Å². The van der Waals surface area contributed by atoms with Crippen molar-refractivity contribution in [1.29, 1.82) is 0 Å². The van der Waals surface area contributed by atoms with Gasteiger partial charge in [-0.2, -0.15) is 0 Å². The predicted octanol–water partition coefficient (Wildman–Crippen LogP) is 3.32. The molecule has 0 radical (unpaired) electrons. The van der Waals surface area contributed by atoms with Crippen LogP contribution in [0.4, 0.5) is 10.1 Å². The third kappa shape index (κ3) is 4.74. The van der Waals surface area contributed by atoms with Crippen LogP contribution in [-0.4, -0.2) is 38.7 Å². The van der Waals surface area contributed by atoms with Crippen molar-refractivity contribution >= 4 is 16.7 Å². The summed E-state index contributed by atoms with van der Waals surface area (Å²) in [5.41, 5.74) is 2.45. The molecule has 0 bridgehead atoms. The van der Waals surface area contributed by atoms with E-state index in [1.807, 2.05) is 24.3 Å². The van der Waals surface area contributed by atoms with E-state index in [1.165, 1.54) is 0 Å². The molecule has 7 nitrogen and oxygen atoms in total. The number of imidazole rings is 1. The minimum absolute atomic E-state index is 0.00242. The molecule has 1 fully saturated rings. The molecule has 8 heteroatoms. The lowest BCUT2D eigenvalue weighted by molar-refractivity contribution is 0.0926. The van der Waals surface area contributed by atoms with Crippen LogP contribution in [0.3, 0.4) is 0 Å². The van der Waals surface area contributed by atoms with Crippen molar-refractivity contribution in [1.82, 2.24) is 14.1 Å². The number of aliphatic hydroxyl groups is 1. The second-order valence-corrected chi connectivity index (χ2v) is 8.25. The van der Waals surface area contributed by atoms with Gasteiger partial charge in [-0.25, -0.2) is 9.18 Å². The van der Waals surface area contributed by atoms with Crippen LogP contribution in [0.25, 0.3) is 11.0 Å². The average Bonchev–Trinajstić information content (AvgIpc) is 3.03.